The van der Waals surface area contributed by atoms with Gasteiger partial charge in [0.2, 0.25) is 0 Å². The smallest absolute Gasteiger partial charge is 0.323 e. The molecule has 0 aromatic heterocycles. The van der Waals surface area contributed by atoms with Crippen LogP contribution in [-0.4, -0.2) is 47.7 Å². The SMILES string of the molecule is CCCCCN(C)C1CCC(NCC)(C(=O)O)C1. The number of rotatable bonds is 8. The largest absolute Gasteiger partial charge is 0.480 e. The molecule has 4 heteroatoms. The van der Waals surface area contributed by atoms with Crippen LogP contribution in [0.2, 0.25) is 0 Å². The molecular weight excluding hydrogens is 228 g/mol. The van der Waals surface area contributed by atoms with E-state index in [0.29, 0.717) is 6.04 Å². The summed E-state index contributed by atoms with van der Waals surface area (Å²) in [7, 11) is 2.13. The molecule has 1 rings (SSSR count). The summed E-state index contributed by atoms with van der Waals surface area (Å²) >= 11 is 0. The molecule has 2 unspecified atom stereocenters. The second-order valence-corrected chi connectivity index (χ2v) is 5.50. The van der Waals surface area contributed by atoms with Gasteiger partial charge in [-0.1, -0.05) is 26.7 Å². The molecule has 0 aromatic rings. The van der Waals surface area contributed by atoms with Gasteiger partial charge < -0.3 is 15.3 Å². The van der Waals surface area contributed by atoms with Crippen LogP contribution >= 0.6 is 0 Å². The van der Waals surface area contributed by atoms with E-state index in [1.807, 2.05) is 6.92 Å². The normalized spacial score (nSPS) is 27.9. The lowest BCUT2D eigenvalue weighted by Gasteiger charge is -2.28. The first-order valence-corrected chi connectivity index (χ1v) is 7.24. The van der Waals surface area contributed by atoms with Crippen molar-refractivity contribution in [2.24, 2.45) is 0 Å². The van der Waals surface area contributed by atoms with Gasteiger partial charge in [0.15, 0.2) is 0 Å². The summed E-state index contributed by atoms with van der Waals surface area (Å²) in [5, 5.41) is 12.6. The Morgan fingerprint density at radius 2 is 2.17 bits per heavy atom. The van der Waals surface area contributed by atoms with Crippen molar-refractivity contribution < 1.29 is 9.90 Å². The molecule has 1 fully saturated rings. The van der Waals surface area contributed by atoms with Gasteiger partial charge >= 0.3 is 5.97 Å². The molecule has 106 valence electrons. The van der Waals surface area contributed by atoms with Gasteiger partial charge in [0, 0.05) is 6.04 Å². The molecule has 0 spiro atoms. The van der Waals surface area contributed by atoms with E-state index in [-0.39, 0.29) is 0 Å². The molecule has 2 N–H and O–H groups in total. The van der Waals surface area contributed by atoms with E-state index in [1.54, 1.807) is 0 Å². The number of hydrogen-bond acceptors (Lipinski definition) is 3. The lowest BCUT2D eigenvalue weighted by atomic mass is 9.97. The van der Waals surface area contributed by atoms with E-state index in [0.717, 1.165) is 32.4 Å². The highest BCUT2D eigenvalue weighted by Crippen LogP contribution is 2.33. The van der Waals surface area contributed by atoms with Crippen molar-refractivity contribution in [3.63, 3.8) is 0 Å². The van der Waals surface area contributed by atoms with Gasteiger partial charge in [0.25, 0.3) is 0 Å². The van der Waals surface area contributed by atoms with Gasteiger partial charge in [-0.2, -0.15) is 0 Å². The Balaban J connectivity index is 2.49. The molecule has 1 aliphatic carbocycles. The molecule has 1 saturated carbocycles. The second-order valence-electron chi connectivity index (χ2n) is 5.50. The Labute approximate surface area is 111 Å². The first kappa shape index (κ1) is 15.4. The molecule has 0 saturated heterocycles. The van der Waals surface area contributed by atoms with Crippen LogP contribution in [-0.2, 0) is 4.79 Å². The van der Waals surface area contributed by atoms with Crippen molar-refractivity contribution >= 4 is 5.97 Å². The predicted octanol–water partition coefficient (Wildman–Crippen LogP) is 2.09. The Kier molecular flexibility index (Phi) is 6.09. The Bertz CT molecular complexity index is 271. The van der Waals surface area contributed by atoms with Gasteiger partial charge in [-0.05, 0) is 45.8 Å². The first-order chi connectivity index (χ1) is 8.55. The highest BCUT2D eigenvalue weighted by atomic mass is 16.4. The highest BCUT2D eigenvalue weighted by Gasteiger charge is 2.45. The number of likely N-dealkylation sites (N-methyl/N-ethyl adjacent to an activating group) is 1. The lowest BCUT2D eigenvalue weighted by molar-refractivity contribution is -0.144. The van der Waals surface area contributed by atoms with Gasteiger partial charge in [-0.15, -0.1) is 0 Å². The highest BCUT2D eigenvalue weighted by molar-refractivity contribution is 5.79. The number of carboxylic acids is 1. The van der Waals surface area contributed by atoms with E-state index in [1.165, 1.54) is 19.3 Å². The molecule has 4 nitrogen and oxygen atoms in total. The number of carbonyl (C=O) groups is 1. The third kappa shape index (κ3) is 3.69. The Morgan fingerprint density at radius 3 is 2.72 bits per heavy atom. The lowest BCUT2D eigenvalue weighted by Crippen LogP contribution is -2.51. The Hall–Kier alpha value is -0.610. The number of nitrogens with one attached hydrogen (secondary N) is 1. The molecule has 0 radical (unpaired) electrons. The average Bonchev–Trinajstić information content (AvgIpc) is 2.75. The van der Waals surface area contributed by atoms with E-state index in [2.05, 4.69) is 24.2 Å². The standard InChI is InChI=1S/C14H28N2O2/c1-4-6-7-10-16(3)12-8-9-14(11-12,13(17)18)15-5-2/h12,15H,4-11H2,1-3H3,(H,17,18). The van der Waals surface area contributed by atoms with E-state index >= 15 is 0 Å². The second kappa shape index (κ2) is 7.10. The summed E-state index contributed by atoms with van der Waals surface area (Å²) in [6, 6.07) is 0.414. The summed E-state index contributed by atoms with van der Waals surface area (Å²) in [6.07, 6.45) is 6.17. The van der Waals surface area contributed by atoms with Crippen molar-refractivity contribution in [1.82, 2.24) is 10.2 Å². The molecule has 0 aromatic carbocycles. The van der Waals surface area contributed by atoms with Gasteiger partial charge in [-0.25, -0.2) is 0 Å². The van der Waals surface area contributed by atoms with Gasteiger partial charge in [-0.3, -0.25) is 4.79 Å². The van der Waals surface area contributed by atoms with Crippen LogP contribution in [0.5, 0.6) is 0 Å². The fraction of sp³-hybridized carbons (Fsp3) is 0.929. The predicted molar refractivity (Wildman–Crippen MR) is 73.8 cm³/mol. The summed E-state index contributed by atoms with van der Waals surface area (Å²) < 4.78 is 0. The van der Waals surface area contributed by atoms with Gasteiger partial charge in [0.05, 0.1) is 0 Å². The third-order valence-corrected chi connectivity index (χ3v) is 4.15. The average molecular weight is 256 g/mol. The minimum atomic E-state index is -0.686. The zero-order valence-corrected chi connectivity index (χ0v) is 12.0. The minimum absolute atomic E-state index is 0.414. The summed E-state index contributed by atoms with van der Waals surface area (Å²) in [5.41, 5.74) is -0.682. The van der Waals surface area contributed by atoms with Crippen molar-refractivity contribution in [3.8, 4) is 0 Å². The molecule has 0 heterocycles. The van der Waals surface area contributed by atoms with Crippen LogP contribution in [0.3, 0.4) is 0 Å². The first-order valence-electron chi connectivity index (χ1n) is 7.24. The molecule has 0 bridgehead atoms. The van der Waals surface area contributed by atoms with E-state index in [4.69, 9.17) is 0 Å². The molecule has 0 amide bonds. The maximum absolute atomic E-state index is 11.5. The van der Waals surface area contributed by atoms with Crippen molar-refractivity contribution in [2.75, 3.05) is 20.1 Å². The number of nitrogens with zero attached hydrogens (tertiary/aromatic N) is 1. The monoisotopic (exact) mass is 256 g/mol. The topological polar surface area (TPSA) is 52.6 Å². The zero-order valence-electron chi connectivity index (χ0n) is 12.0. The van der Waals surface area contributed by atoms with E-state index in [9.17, 15) is 9.90 Å². The fourth-order valence-corrected chi connectivity index (χ4v) is 2.96. The van der Waals surface area contributed by atoms with Crippen LogP contribution in [0.25, 0.3) is 0 Å². The summed E-state index contributed by atoms with van der Waals surface area (Å²) in [4.78, 5) is 13.8. The Morgan fingerprint density at radius 1 is 1.44 bits per heavy atom. The van der Waals surface area contributed by atoms with Crippen LogP contribution in [0, 0.1) is 0 Å². The van der Waals surface area contributed by atoms with Crippen LogP contribution in [0.15, 0.2) is 0 Å². The van der Waals surface area contributed by atoms with Crippen LogP contribution < -0.4 is 5.32 Å². The van der Waals surface area contributed by atoms with Crippen LogP contribution in [0.4, 0.5) is 0 Å². The number of unbranched alkanes of at least 4 members (excludes halogenated alkanes) is 2. The maximum Gasteiger partial charge on any atom is 0.323 e. The van der Waals surface area contributed by atoms with Gasteiger partial charge in [0.1, 0.15) is 5.54 Å². The summed E-state index contributed by atoms with van der Waals surface area (Å²) in [5.74, 6) is -0.686. The fourth-order valence-electron chi connectivity index (χ4n) is 2.96. The van der Waals surface area contributed by atoms with Crippen molar-refractivity contribution in [3.05, 3.63) is 0 Å². The molecule has 2 atom stereocenters. The van der Waals surface area contributed by atoms with Crippen molar-refractivity contribution in [2.45, 2.75) is 64.0 Å². The molecular formula is C14H28N2O2. The third-order valence-electron chi connectivity index (χ3n) is 4.15. The quantitative estimate of drug-likeness (QED) is 0.653. The molecule has 1 aliphatic rings. The molecule has 18 heavy (non-hydrogen) atoms. The number of aliphatic carboxylic acids is 1. The zero-order chi connectivity index (χ0) is 13.6. The minimum Gasteiger partial charge on any atom is -0.480 e. The summed E-state index contributed by atoms with van der Waals surface area (Å²) in [6.45, 7) is 5.98. The van der Waals surface area contributed by atoms with Crippen LogP contribution in [0.1, 0.15) is 52.4 Å². The maximum atomic E-state index is 11.5. The number of hydrogen-bond donors (Lipinski definition) is 2. The molecule has 0 aliphatic heterocycles. The van der Waals surface area contributed by atoms with Crippen molar-refractivity contribution in [1.29, 1.82) is 0 Å². The number of carboxylic acid groups (broad SMARTS) is 1. The van der Waals surface area contributed by atoms with E-state index < -0.39 is 11.5 Å².